The van der Waals surface area contributed by atoms with Gasteiger partial charge in [0.1, 0.15) is 11.5 Å². The third-order valence-electron chi connectivity index (χ3n) is 5.15. The Morgan fingerprint density at radius 3 is 2.77 bits per heavy atom. The average molecular weight is 421 g/mol. The summed E-state index contributed by atoms with van der Waals surface area (Å²) in [6, 6.07) is 6.64. The molecule has 0 aliphatic carbocycles. The molecule has 0 amide bonds. The Hall–Kier alpha value is -3.45. The molecule has 0 saturated carbocycles. The molecule has 1 aromatic carbocycles. The van der Waals surface area contributed by atoms with Crippen LogP contribution in [0.3, 0.4) is 0 Å². The Kier molecular flexibility index (Phi) is 4.40. The normalized spacial score (nSPS) is 11.5. The van der Waals surface area contributed by atoms with Crippen molar-refractivity contribution in [1.82, 2.24) is 29.5 Å². The summed E-state index contributed by atoms with van der Waals surface area (Å²) in [5.74, 6) is -0.300. The van der Waals surface area contributed by atoms with Crippen molar-refractivity contribution in [2.24, 2.45) is 7.05 Å². The van der Waals surface area contributed by atoms with E-state index in [-0.39, 0.29) is 5.82 Å². The van der Waals surface area contributed by atoms with Crippen LogP contribution in [-0.4, -0.2) is 29.5 Å². The van der Waals surface area contributed by atoms with E-state index in [1.807, 2.05) is 45.0 Å². The van der Waals surface area contributed by atoms with Gasteiger partial charge in [0.2, 0.25) is 0 Å². The van der Waals surface area contributed by atoms with Gasteiger partial charge in [-0.2, -0.15) is 10.2 Å². The molecule has 4 aromatic heterocycles. The van der Waals surface area contributed by atoms with Crippen molar-refractivity contribution in [2.75, 3.05) is 0 Å². The maximum Gasteiger partial charge on any atom is 0.137 e. The van der Waals surface area contributed by atoms with Crippen LogP contribution in [0.25, 0.3) is 33.3 Å². The molecule has 5 aromatic rings. The summed E-state index contributed by atoms with van der Waals surface area (Å²) in [6.07, 6.45) is 9.46. The van der Waals surface area contributed by atoms with Crippen LogP contribution >= 0.6 is 11.6 Å². The second-order valence-electron chi connectivity index (χ2n) is 7.29. The largest absolute Gasteiger partial charge is 0.346 e. The van der Waals surface area contributed by atoms with Gasteiger partial charge in [-0.25, -0.2) is 9.37 Å². The standard InChI is InChI=1S/C22H18ClFN6/c1-13-20(12-30(28-13)11-15-5-17(23)3-4-21(15)24)19-9-26-22-18(19)6-14(7-25-22)16-8-27-29(2)10-16/h3-10,12H,11H2,1-2H3,(H,25,26). The van der Waals surface area contributed by atoms with Gasteiger partial charge in [-0.05, 0) is 31.2 Å². The van der Waals surface area contributed by atoms with Gasteiger partial charge < -0.3 is 4.98 Å². The summed E-state index contributed by atoms with van der Waals surface area (Å²) < 4.78 is 17.6. The van der Waals surface area contributed by atoms with E-state index in [9.17, 15) is 4.39 Å². The number of nitrogens with one attached hydrogen (secondary N) is 1. The van der Waals surface area contributed by atoms with Crippen LogP contribution in [-0.2, 0) is 13.6 Å². The molecule has 0 aliphatic heterocycles. The fraction of sp³-hybridized carbons (Fsp3) is 0.136. The minimum Gasteiger partial charge on any atom is -0.346 e. The molecule has 0 unspecified atom stereocenters. The number of hydrogen-bond acceptors (Lipinski definition) is 3. The molecule has 0 aliphatic rings. The number of halogens is 2. The van der Waals surface area contributed by atoms with Gasteiger partial charge in [0, 0.05) is 70.1 Å². The minimum atomic E-state index is -0.300. The zero-order chi connectivity index (χ0) is 20.8. The second kappa shape index (κ2) is 7.11. The fourth-order valence-corrected chi connectivity index (χ4v) is 3.85. The fourth-order valence-electron chi connectivity index (χ4n) is 3.66. The Bertz CT molecular complexity index is 1380. The first-order valence-corrected chi connectivity index (χ1v) is 9.80. The molecular weight excluding hydrogens is 403 g/mol. The van der Waals surface area contributed by atoms with Gasteiger partial charge in [0.15, 0.2) is 0 Å². The zero-order valence-corrected chi connectivity index (χ0v) is 17.2. The minimum absolute atomic E-state index is 0.300. The van der Waals surface area contributed by atoms with Gasteiger partial charge in [-0.1, -0.05) is 11.6 Å². The summed E-state index contributed by atoms with van der Waals surface area (Å²) >= 11 is 6.02. The molecule has 6 nitrogen and oxygen atoms in total. The van der Waals surface area contributed by atoms with Gasteiger partial charge in [-0.3, -0.25) is 9.36 Å². The van der Waals surface area contributed by atoms with Crippen molar-refractivity contribution in [2.45, 2.75) is 13.5 Å². The molecule has 0 saturated heterocycles. The predicted molar refractivity (Wildman–Crippen MR) is 115 cm³/mol. The first-order valence-electron chi connectivity index (χ1n) is 9.42. The molecule has 4 heterocycles. The zero-order valence-electron chi connectivity index (χ0n) is 16.4. The predicted octanol–water partition coefficient (Wildman–Crippen LogP) is 4.98. The number of fused-ring (bicyclic) bond motifs is 1. The first kappa shape index (κ1) is 18.6. The molecule has 0 radical (unpaired) electrons. The van der Waals surface area contributed by atoms with Crippen LogP contribution in [0.1, 0.15) is 11.3 Å². The number of H-pyrrole nitrogens is 1. The van der Waals surface area contributed by atoms with Gasteiger partial charge in [0.25, 0.3) is 0 Å². The van der Waals surface area contributed by atoms with Crippen molar-refractivity contribution in [3.05, 3.63) is 77.3 Å². The highest BCUT2D eigenvalue weighted by molar-refractivity contribution is 6.30. The van der Waals surface area contributed by atoms with Crippen molar-refractivity contribution in [3.63, 3.8) is 0 Å². The Morgan fingerprint density at radius 2 is 1.97 bits per heavy atom. The molecule has 150 valence electrons. The average Bonchev–Trinajstić information content (AvgIpc) is 3.42. The molecule has 0 bridgehead atoms. The van der Waals surface area contributed by atoms with E-state index in [0.29, 0.717) is 17.1 Å². The quantitative estimate of drug-likeness (QED) is 0.446. The molecule has 30 heavy (non-hydrogen) atoms. The number of aryl methyl sites for hydroxylation is 2. The maximum atomic E-state index is 14.1. The summed E-state index contributed by atoms with van der Waals surface area (Å²) in [5, 5.41) is 10.3. The van der Waals surface area contributed by atoms with E-state index in [1.165, 1.54) is 6.07 Å². The molecule has 5 rings (SSSR count). The molecule has 1 N–H and O–H groups in total. The monoisotopic (exact) mass is 420 g/mol. The molecule has 0 atom stereocenters. The highest BCUT2D eigenvalue weighted by atomic mass is 35.5. The van der Waals surface area contributed by atoms with Crippen LogP contribution in [0.5, 0.6) is 0 Å². The van der Waals surface area contributed by atoms with Crippen LogP contribution in [0.2, 0.25) is 5.02 Å². The van der Waals surface area contributed by atoms with E-state index in [1.54, 1.807) is 21.5 Å². The van der Waals surface area contributed by atoms with Crippen LogP contribution in [0, 0.1) is 12.7 Å². The van der Waals surface area contributed by atoms with E-state index < -0.39 is 0 Å². The van der Waals surface area contributed by atoms with Crippen molar-refractivity contribution in [1.29, 1.82) is 0 Å². The number of hydrogen-bond donors (Lipinski definition) is 1. The highest BCUT2D eigenvalue weighted by Crippen LogP contribution is 2.32. The maximum absolute atomic E-state index is 14.1. The molecule has 0 fully saturated rings. The number of nitrogens with zero attached hydrogens (tertiary/aromatic N) is 5. The van der Waals surface area contributed by atoms with E-state index in [4.69, 9.17) is 11.6 Å². The Morgan fingerprint density at radius 1 is 1.10 bits per heavy atom. The van der Waals surface area contributed by atoms with Crippen molar-refractivity contribution >= 4 is 22.6 Å². The highest BCUT2D eigenvalue weighted by Gasteiger charge is 2.15. The second-order valence-corrected chi connectivity index (χ2v) is 7.72. The number of benzene rings is 1. The smallest absolute Gasteiger partial charge is 0.137 e. The van der Waals surface area contributed by atoms with Crippen molar-refractivity contribution < 1.29 is 4.39 Å². The summed E-state index contributed by atoms with van der Waals surface area (Å²) in [7, 11) is 1.89. The summed E-state index contributed by atoms with van der Waals surface area (Å²) in [5.41, 5.74) is 6.10. The van der Waals surface area contributed by atoms with Crippen LogP contribution < -0.4 is 0 Å². The number of aromatic nitrogens is 6. The topological polar surface area (TPSA) is 64.3 Å². The Balaban J connectivity index is 1.55. The van der Waals surface area contributed by atoms with Gasteiger partial charge in [-0.15, -0.1) is 0 Å². The number of aromatic amines is 1. The van der Waals surface area contributed by atoms with Gasteiger partial charge >= 0.3 is 0 Å². The number of rotatable bonds is 4. The lowest BCUT2D eigenvalue weighted by molar-refractivity contribution is 0.584. The molecule has 0 spiro atoms. The third-order valence-corrected chi connectivity index (χ3v) is 5.38. The van der Waals surface area contributed by atoms with E-state index in [0.717, 1.165) is 39.0 Å². The molecular formula is C22H18ClFN6. The lowest BCUT2D eigenvalue weighted by Crippen LogP contribution is -2.02. The van der Waals surface area contributed by atoms with E-state index >= 15 is 0 Å². The van der Waals surface area contributed by atoms with Gasteiger partial charge in [0.05, 0.1) is 18.4 Å². The van der Waals surface area contributed by atoms with Crippen LogP contribution in [0.4, 0.5) is 4.39 Å². The van der Waals surface area contributed by atoms with Crippen LogP contribution in [0.15, 0.2) is 55.2 Å². The first-order chi connectivity index (χ1) is 14.5. The third kappa shape index (κ3) is 3.27. The molecule has 8 heteroatoms. The number of pyridine rings is 1. The lowest BCUT2D eigenvalue weighted by atomic mass is 10.0. The lowest BCUT2D eigenvalue weighted by Gasteiger charge is -2.04. The summed E-state index contributed by atoms with van der Waals surface area (Å²) in [6.45, 7) is 2.24. The summed E-state index contributed by atoms with van der Waals surface area (Å²) in [4.78, 5) is 7.78. The van der Waals surface area contributed by atoms with E-state index in [2.05, 4.69) is 26.2 Å². The Labute approximate surface area is 176 Å². The SMILES string of the molecule is Cc1nn(Cc2cc(Cl)ccc2F)cc1-c1c[nH]c2ncc(-c3cnn(C)c3)cc12. The van der Waals surface area contributed by atoms with Crippen molar-refractivity contribution in [3.8, 4) is 22.3 Å².